The molecule has 2 N–H and O–H groups in total. The number of aromatic nitrogens is 1. The molecule has 0 aliphatic carbocycles. The molecule has 2 heterocycles. The van der Waals surface area contributed by atoms with E-state index in [9.17, 15) is 9.90 Å². The highest BCUT2D eigenvalue weighted by Gasteiger charge is 2.15. The zero-order valence-electron chi connectivity index (χ0n) is 19.0. The number of rotatable bonds is 10. The summed E-state index contributed by atoms with van der Waals surface area (Å²) in [6.07, 6.45) is 6.66. The molecular formula is C26H27N3O3S2. The van der Waals surface area contributed by atoms with E-state index in [1.807, 2.05) is 67.7 Å². The summed E-state index contributed by atoms with van der Waals surface area (Å²) < 4.78 is 7.82. The molecule has 0 saturated carbocycles. The number of amides is 1. The van der Waals surface area contributed by atoms with E-state index in [4.69, 9.17) is 17.0 Å². The van der Waals surface area contributed by atoms with Crippen LogP contribution in [0.25, 0.3) is 11.6 Å². The van der Waals surface area contributed by atoms with Gasteiger partial charge in [-0.25, -0.2) is 0 Å². The van der Waals surface area contributed by atoms with Gasteiger partial charge in [0.1, 0.15) is 5.75 Å². The number of ether oxygens (including phenoxy) is 1. The lowest BCUT2D eigenvalue weighted by Gasteiger charge is -2.08. The van der Waals surface area contributed by atoms with Crippen molar-refractivity contribution in [3.8, 4) is 11.6 Å². The van der Waals surface area contributed by atoms with Crippen LogP contribution in [0.5, 0.6) is 11.6 Å². The second-order valence-corrected chi connectivity index (χ2v) is 9.57. The number of allylic oxidation sites excluding steroid dienone is 1. The molecule has 0 radical (unpaired) electrons. The minimum atomic E-state index is -0.00780. The summed E-state index contributed by atoms with van der Waals surface area (Å²) in [4.78, 5) is 17.4. The Kier molecular flexibility index (Phi) is 7.92. The average molecular weight is 494 g/mol. The van der Waals surface area contributed by atoms with Gasteiger partial charge in [0.25, 0.3) is 0 Å². The van der Waals surface area contributed by atoms with Crippen molar-refractivity contribution in [1.82, 2.24) is 4.57 Å². The third kappa shape index (κ3) is 5.81. The fourth-order valence-corrected chi connectivity index (χ4v) is 5.07. The number of hydrogen-bond donors (Lipinski definition) is 2. The van der Waals surface area contributed by atoms with Crippen molar-refractivity contribution < 1.29 is 14.6 Å². The van der Waals surface area contributed by atoms with Crippen LogP contribution in [0.15, 0.2) is 53.5 Å². The quantitative estimate of drug-likeness (QED) is 0.239. The van der Waals surface area contributed by atoms with Gasteiger partial charge in [0.15, 0.2) is 3.95 Å². The van der Waals surface area contributed by atoms with Crippen molar-refractivity contribution in [2.24, 2.45) is 4.99 Å². The van der Waals surface area contributed by atoms with Gasteiger partial charge in [-0.15, -0.1) is 11.3 Å². The van der Waals surface area contributed by atoms with E-state index in [1.54, 1.807) is 4.57 Å². The van der Waals surface area contributed by atoms with Gasteiger partial charge >= 0.3 is 0 Å². The third-order valence-corrected chi connectivity index (χ3v) is 6.86. The van der Waals surface area contributed by atoms with E-state index in [0.29, 0.717) is 23.5 Å². The molecule has 34 heavy (non-hydrogen) atoms. The number of benzene rings is 2. The van der Waals surface area contributed by atoms with Crippen LogP contribution in [-0.2, 0) is 11.3 Å². The van der Waals surface area contributed by atoms with E-state index in [-0.39, 0.29) is 11.8 Å². The molecule has 3 aromatic rings. The lowest BCUT2D eigenvalue weighted by Crippen LogP contribution is -2.11. The molecule has 1 aliphatic heterocycles. The number of carbonyl (C=O) groups excluding carboxylic acids is 1. The Labute approximate surface area is 208 Å². The van der Waals surface area contributed by atoms with Crippen molar-refractivity contribution in [1.29, 1.82) is 0 Å². The van der Waals surface area contributed by atoms with Crippen LogP contribution >= 0.6 is 23.6 Å². The molecule has 176 valence electrons. The molecular weight excluding hydrogens is 466 g/mol. The van der Waals surface area contributed by atoms with E-state index in [2.05, 4.69) is 10.3 Å². The Morgan fingerprint density at radius 3 is 2.76 bits per heavy atom. The first-order valence-corrected chi connectivity index (χ1v) is 12.6. The fraction of sp³-hybridized carbons (Fsp3) is 0.269. The van der Waals surface area contributed by atoms with Gasteiger partial charge in [0, 0.05) is 36.0 Å². The summed E-state index contributed by atoms with van der Waals surface area (Å²) in [5.41, 5.74) is 3.71. The van der Waals surface area contributed by atoms with Crippen molar-refractivity contribution in [2.75, 3.05) is 11.9 Å². The third-order valence-electron chi connectivity index (χ3n) is 5.47. The Balaban J connectivity index is 1.25. The number of carbonyl (C=O) groups is 1. The molecule has 4 rings (SSSR count). The average Bonchev–Trinajstić information content (AvgIpc) is 3.36. The summed E-state index contributed by atoms with van der Waals surface area (Å²) in [6, 6.07) is 15.3. The van der Waals surface area contributed by atoms with Gasteiger partial charge in [-0.05, 0) is 68.4 Å². The second kappa shape index (κ2) is 11.3. The first-order chi connectivity index (χ1) is 16.5. The number of nitrogens with zero attached hydrogens (tertiary/aromatic N) is 2. The van der Waals surface area contributed by atoms with Crippen LogP contribution < -0.4 is 10.1 Å². The maximum atomic E-state index is 12.2. The second-order valence-electron chi connectivity index (χ2n) is 7.90. The highest BCUT2D eigenvalue weighted by Crippen LogP contribution is 2.35. The molecule has 1 amide bonds. The number of fused-ring (bicyclic) bond motifs is 1. The zero-order valence-corrected chi connectivity index (χ0v) is 20.6. The predicted octanol–water partition coefficient (Wildman–Crippen LogP) is 6.84. The van der Waals surface area contributed by atoms with Crippen LogP contribution in [0.1, 0.15) is 43.0 Å². The minimum Gasteiger partial charge on any atom is -0.494 e. The monoisotopic (exact) mass is 493 g/mol. The van der Waals surface area contributed by atoms with Crippen LogP contribution in [0.3, 0.4) is 0 Å². The normalized spacial score (nSPS) is 13.3. The predicted molar refractivity (Wildman–Crippen MR) is 142 cm³/mol. The standard InChI is InChI=1S/C26H27N3O3S2/c1-2-32-20-13-11-19(12-14-20)28-24(30)10-4-3-7-15-29-25(31)23(34-26(29)33)16-18-17-27-22-9-6-5-8-21(18)22/h5-6,8-9,11-14,16-17,31H,2-4,7,10,15H2,1H3,(H,28,30)/b18-16+. The minimum absolute atomic E-state index is 0.00780. The first-order valence-electron chi connectivity index (χ1n) is 11.4. The summed E-state index contributed by atoms with van der Waals surface area (Å²) >= 11 is 6.88. The Bertz CT molecular complexity index is 1270. The van der Waals surface area contributed by atoms with Crippen LogP contribution in [0, 0.1) is 3.95 Å². The van der Waals surface area contributed by atoms with E-state index in [0.717, 1.165) is 52.4 Å². The topological polar surface area (TPSA) is 75.8 Å². The van der Waals surface area contributed by atoms with Crippen LogP contribution in [-0.4, -0.2) is 28.4 Å². The number of aromatic hydroxyl groups is 1. The van der Waals surface area contributed by atoms with Gasteiger partial charge in [0.2, 0.25) is 11.8 Å². The maximum Gasteiger partial charge on any atom is 0.224 e. The molecule has 0 fully saturated rings. The number of para-hydroxylation sites is 1. The zero-order chi connectivity index (χ0) is 23.9. The van der Waals surface area contributed by atoms with E-state index in [1.165, 1.54) is 11.3 Å². The summed E-state index contributed by atoms with van der Waals surface area (Å²) in [7, 11) is 0. The summed E-state index contributed by atoms with van der Waals surface area (Å²) in [5, 5.41) is 13.6. The van der Waals surface area contributed by atoms with Crippen molar-refractivity contribution in [2.45, 2.75) is 39.2 Å². The lowest BCUT2D eigenvalue weighted by atomic mass is 10.1. The highest BCUT2D eigenvalue weighted by atomic mass is 32.1. The maximum absolute atomic E-state index is 12.2. The number of thiazole rings is 1. The number of nitrogens with one attached hydrogen (secondary N) is 1. The van der Waals surface area contributed by atoms with Gasteiger partial charge in [0.05, 0.1) is 17.2 Å². The largest absolute Gasteiger partial charge is 0.494 e. The molecule has 8 heteroatoms. The number of hydrogen-bond acceptors (Lipinski definition) is 6. The molecule has 0 spiro atoms. The first kappa shape index (κ1) is 23.9. The highest BCUT2D eigenvalue weighted by molar-refractivity contribution is 7.73. The molecule has 0 bridgehead atoms. The molecule has 0 saturated heterocycles. The van der Waals surface area contributed by atoms with Gasteiger partial charge in [-0.1, -0.05) is 24.6 Å². The molecule has 2 aromatic carbocycles. The van der Waals surface area contributed by atoms with Crippen molar-refractivity contribution >= 4 is 58.7 Å². The van der Waals surface area contributed by atoms with Crippen LogP contribution in [0.4, 0.5) is 11.4 Å². The Morgan fingerprint density at radius 1 is 1.18 bits per heavy atom. The van der Waals surface area contributed by atoms with Gasteiger partial charge in [-0.2, -0.15) is 0 Å². The smallest absolute Gasteiger partial charge is 0.224 e. The molecule has 0 atom stereocenters. The Hall–Kier alpha value is -3.23. The van der Waals surface area contributed by atoms with Crippen molar-refractivity contribution in [3.63, 3.8) is 0 Å². The van der Waals surface area contributed by atoms with E-state index >= 15 is 0 Å². The molecule has 6 nitrogen and oxygen atoms in total. The summed E-state index contributed by atoms with van der Waals surface area (Å²) in [6.45, 7) is 3.17. The van der Waals surface area contributed by atoms with Gasteiger partial charge < -0.3 is 15.2 Å². The molecule has 1 aromatic heterocycles. The number of unbranched alkanes of at least 4 members (excludes halogenated alkanes) is 2. The number of aliphatic imine (C=N–C) groups is 1. The molecule has 1 aliphatic rings. The lowest BCUT2D eigenvalue weighted by molar-refractivity contribution is -0.116. The van der Waals surface area contributed by atoms with Gasteiger partial charge in [-0.3, -0.25) is 14.4 Å². The van der Waals surface area contributed by atoms with E-state index < -0.39 is 0 Å². The van der Waals surface area contributed by atoms with Crippen LogP contribution in [0.2, 0.25) is 0 Å². The Morgan fingerprint density at radius 2 is 1.97 bits per heavy atom. The number of anilines is 1. The van der Waals surface area contributed by atoms with Crippen molar-refractivity contribution in [3.05, 3.63) is 62.9 Å². The summed E-state index contributed by atoms with van der Waals surface area (Å²) in [5.74, 6) is 0.969. The fourth-order valence-electron chi connectivity index (χ4n) is 3.76. The molecule has 0 unspecified atom stereocenters. The SMILES string of the molecule is CCOc1ccc(NC(=O)CCCCCn2c(O)c(/C=C3\C=Nc4ccccc43)sc2=S)cc1.